The Morgan fingerprint density at radius 2 is 1.93 bits per heavy atom. The highest BCUT2D eigenvalue weighted by Crippen LogP contribution is 2.33. The lowest BCUT2D eigenvalue weighted by Crippen LogP contribution is -2.39. The Bertz CT molecular complexity index is 890. The first-order chi connectivity index (χ1) is 13.5. The van der Waals surface area contributed by atoms with Crippen LogP contribution >= 0.6 is 0 Å². The van der Waals surface area contributed by atoms with E-state index in [0.717, 1.165) is 50.2 Å². The van der Waals surface area contributed by atoms with Gasteiger partial charge in [0.25, 0.3) is 5.91 Å². The van der Waals surface area contributed by atoms with Crippen molar-refractivity contribution >= 4 is 17.5 Å². The molecule has 28 heavy (non-hydrogen) atoms. The molecule has 0 aliphatic carbocycles. The van der Waals surface area contributed by atoms with Crippen LogP contribution in [0.1, 0.15) is 55.0 Å². The first-order valence-corrected chi connectivity index (χ1v) is 10.2. The number of fused-ring (bicyclic) bond motifs is 1. The van der Waals surface area contributed by atoms with E-state index < -0.39 is 0 Å². The Hall–Kier alpha value is -2.57. The van der Waals surface area contributed by atoms with Crippen molar-refractivity contribution in [3.63, 3.8) is 0 Å². The first kappa shape index (κ1) is 18.8. The number of imidazole rings is 1. The van der Waals surface area contributed by atoms with Crippen molar-refractivity contribution in [2.75, 3.05) is 33.7 Å². The van der Waals surface area contributed by atoms with Gasteiger partial charge in [0.05, 0.1) is 11.6 Å². The van der Waals surface area contributed by atoms with Crippen LogP contribution in [-0.4, -0.2) is 69.8 Å². The zero-order chi connectivity index (χ0) is 19.8. The Morgan fingerprint density at radius 1 is 1.14 bits per heavy atom. The van der Waals surface area contributed by atoms with Crippen molar-refractivity contribution in [1.82, 2.24) is 24.1 Å². The summed E-state index contributed by atoms with van der Waals surface area (Å²) in [5, 5.41) is 0. The van der Waals surface area contributed by atoms with E-state index in [1.54, 1.807) is 19.0 Å². The number of pyridine rings is 1. The third-order valence-corrected chi connectivity index (χ3v) is 5.90. The second-order valence-electron chi connectivity index (χ2n) is 8.30. The lowest BCUT2D eigenvalue weighted by atomic mass is 10.00. The van der Waals surface area contributed by atoms with Gasteiger partial charge in [-0.3, -0.25) is 4.79 Å². The molecule has 7 nitrogen and oxygen atoms in total. The van der Waals surface area contributed by atoms with Crippen molar-refractivity contribution in [2.45, 2.75) is 38.6 Å². The van der Waals surface area contributed by atoms with Gasteiger partial charge >= 0.3 is 6.03 Å². The maximum absolute atomic E-state index is 13.3. The Morgan fingerprint density at radius 3 is 2.68 bits per heavy atom. The van der Waals surface area contributed by atoms with Crippen LogP contribution in [-0.2, 0) is 0 Å². The average molecular weight is 383 g/mol. The monoisotopic (exact) mass is 383 g/mol. The van der Waals surface area contributed by atoms with Crippen LogP contribution in [0.2, 0.25) is 0 Å². The van der Waals surface area contributed by atoms with Gasteiger partial charge in [-0.25, -0.2) is 9.78 Å². The number of carbonyl (C=O) groups is 2. The van der Waals surface area contributed by atoms with Crippen LogP contribution in [0, 0.1) is 5.92 Å². The molecule has 2 aliphatic heterocycles. The van der Waals surface area contributed by atoms with E-state index in [2.05, 4.69) is 6.92 Å². The van der Waals surface area contributed by atoms with Gasteiger partial charge in [-0.05, 0) is 43.7 Å². The molecule has 2 saturated heterocycles. The molecule has 0 bridgehead atoms. The molecule has 150 valence electrons. The van der Waals surface area contributed by atoms with E-state index in [-0.39, 0.29) is 18.0 Å². The van der Waals surface area contributed by atoms with E-state index in [1.807, 2.05) is 38.6 Å². The molecule has 2 aliphatic rings. The molecule has 7 heteroatoms. The van der Waals surface area contributed by atoms with Gasteiger partial charge < -0.3 is 19.1 Å². The largest absolute Gasteiger partial charge is 0.337 e. The van der Waals surface area contributed by atoms with Crippen LogP contribution in [0.3, 0.4) is 0 Å². The molecule has 0 spiro atoms. The molecule has 2 aromatic rings. The number of hydrogen-bond acceptors (Lipinski definition) is 3. The third kappa shape index (κ3) is 3.23. The summed E-state index contributed by atoms with van der Waals surface area (Å²) in [6.07, 6.45) is 5.97. The predicted molar refractivity (Wildman–Crippen MR) is 107 cm³/mol. The average Bonchev–Trinajstić information content (AvgIpc) is 3.31. The van der Waals surface area contributed by atoms with Crippen LogP contribution in [0.5, 0.6) is 0 Å². The van der Waals surface area contributed by atoms with E-state index >= 15 is 0 Å². The quantitative estimate of drug-likeness (QED) is 0.801. The summed E-state index contributed by atoms with van der Waals surface area (Å²) in [6, 6.07) is 5.72. The summed E-state index contributed by atoms with van der Waals surface area (Å²) in [5.41, 5.74) is 1.33. The third-order valence-electron chi connectivity index (χ3n) is 5.90. The predicted octanol–water partition coefficient (Wildman–Crippen LogP) is 3.02. The molecule has 0 radical (unpaired) electrons. The fraction of sp³-hybridized carbons (Fsp3) is 0.571. The number of rotatable bonds is 2. The van der Waals surface area contributed by atoms with Crippen LogP contribution in [0.4, 0.5) is 4.79 Å². The minimum Gasteiger partial charge on any atom is -0.337 e. The summed E-state index contributed by atoms with van der Waals surface area (Å²) in [6.45, 7) is 4.49. The van der Waals surface area contributed by atoms with Crippen molar-refractivity contribution in [3.05, 3.63) is 35.9 Å². The zero-order valence-corrected chi connectivity index (χ0v) is 17.0. The summed E-state index contributed by atoms with van der Waals surface area (Å²) < 4.78 is 1.99. The second-order valence-corrected chi connectivity index (χ2v) is 8.30. The number of carbonyl (C=O) groups excluding carboxylic acids is 2. The molecule has 3 amide bonds. The molecule has 0 N–H and O–H groups in total. The van der Waals surface area contributed by atoms with E-state index in [0.29, 0.717) is 11.6 Å². The fourth-order valence-electron chi connectivity index (χ4n) is 4.50. The van der Waals surface area contributed by atoms with Crippen molar-refractivity contribution < 1.29 is 9.59 Å². The van der Waals surface area contributed by atoms with Gasteiger partial charge in [0.15, 0.2) is 5.69 Å². The second kappa shape index (κ2) is 7.45. The molecular weight excluding hydrogens is 354 g/mol. The Kier molecular flexibility index (Phi) is 5.00. The minimum absolute atomic E-state index is 0.00461. The molecule has 0 saturated carbocycles. The fourth-order valence-corrected chi connectivity index (χ4v) is 4.50. The highest BCUT2D eigenvalue weighted by Gasteiger charge is 2.35. The molecule has 0 unspecified atom stereocenters. The normalized spacial score (nSPS) is 22.7. The Labute approximate surface area is 165 Å². The molecular formula is C21H29N5O2. The van der Waals surface area contributed by atoms with Crippen molar-refractivity contribution in [2.24, 2.45) is 5.92 Å². The maximum Gasteiger partial charge on any atom is 0.320 e. The van der Waals surface area contributed by atoms with Gasteiger partial charge in [0.1, 0.15) is 5.82 Å². The number of hydrogen-bond donors (Lipinski definition) is 0. The summed E-state index contributed by atoms with van der Waals surface area (Å²) in [7, 11) is 3.54. The molecule has 4 rings (SSSR count). The van der Waals surface area contributed by atoms with Crippen LogP contribution in [0.25, 0.3) is 5.52 Å². The summed E-state index contributed by atoms with van der Waals surface area (Å²) in [4.78, 5) is 36.1. The van der Waals surface area contributed by atoms with E-state index in [1.165, 1.54) is 6.42 Å². The molecule has 2 fully saturated rings. The number of amides is 3. The first-order valence-electron chi connectivity index (χ1n) is 10.2. The number of urea groups is 1. The number of likely N-dealkylation sites (tertiary alicyclic amines) is 2. The lowest BCUT2D eigenvalue weighted by molar-refractivity contribution is 0.0679. The lowest BCUT2D eigenvalue weighted by Gasteiger charge is -2.30. The number of piperidine rings is 1. The zero-order valence-electron chi connectivity index (χ0n) is 17.0. The van der Waals surface area contributed by atoms with Gasteiger partial charge in [-0.1, -0.05) is 13.0 Å². The van der Waals surface area contributed by atoms with Crippen molar-refractivity contribution in [3.8, 4) is 0 Å². The van der Waals surface area contributed by atoms with Gasteiger partial charge in [0.2, 0.25) is 0 Å². The number of nitrogens with zero attached hydrogens (tertiary/aromatic N) is 5. The van der Waals surface area contributed by atoms with E-state index in [4.69, 9.17) is 4.98 Å². The highest BCUT2D eigenvalue weighted by molar-refractivity contribution is 5.99. The Balaban J connectivity index is 1.73. The molecule has 4 heterocycles. The summed E-state index contributed by atoms with van der Waals surface area (Å²) >= 11 is 0. The topological polar surface area (TPSA) is 61.2 Å². The SMILES string of the molecule is C[C@@H]1CCCN(C(=O)c2nc([C@@H]3CCCN3C(=O)N(C)C)n3ccccc23)C1. The maximum atomic E-state index is 13.3. The molecule has 0 aromatic carbocycles. The van der Waals surface area contributed by atoms with Crippen LogP contribution < -0.4 is 0 Å². The van der Waals surface area contributed by atoms with Gasteiger partial charge in [0, 0.05) is 39.9 Å². The standard InChI is InChI=1S/C21H29N5O2/c1-15-8-6-11-24(14-15)20(27)18-16-9-4-5-12-25(16)19(22-18)17-10-7-13-26(17)21(28)23(2)3/h4-5,9,12,15,17H,6-8,10-11,13-14H2,1-3H3/t15-,17+/m1/s1. The van der Waals surface area contributed by atoms with Crippen molar-refractivity contribution in [1.29, 1.82) is 0 Å². The minimum atomic E-state index is -0.105. The van der Waals surface area contributed by atoms with Gasteiger partial charge in [-0.15, -0.1) is 0 Å². The van der Waals surface area contributed by atoms with Gasteiger partial charge in [-0.2, -0.15) is 0 Å². The molecule has 2 aromatic heterocycles. The number of aromatic nitrogens is 2. The highest BCUT2D eigenvalue weighted by atomic mass is 16.2. The van der Waals surface area contributed by atoms with Crippen LogP contribution in [0.15, 0.2) is 24.4 Å². The summed E-state index contributed by atoms with van der Waals surface area (Å²) in [5.74, 6) is 1.32. The van der Waals surface area contributed by atoms with E-state index in [9.17, 15) is 9.59 Å². The smallest absolute Gasteiger partial charge is 0.320 e. The molecule has 2 atom stereocenters.